The van der Waals surface area contributed by atoms with Gasteiger partial charge in [0.1, 0.15) is 5.75 Å². The van der Waals surface area contributed by atoms with E-state index in [1.807, 2.05) is 0 Å². The minimum absolute atomic E-state index is 0. The summed E-state index contributed by atoms with van der Waals surface area (Å²) in [7, 11) is -2.22. The Bertz CT molecular complexity index is 615. The van der Waals surface area contributed by atoms with Crippen LogP contribution in [0.1, 0.15) is 10.4 Å². The van der Waals surface area contributed by atoms with Gasteiger partial charge in [-0.1, -0.05) is 0 Å². The molecule has 1 heterocycles. The van der Waals surface area contributed by atoms with E-state index in [0.717, 1.165) is 0 Å². The maximum atomic E-state index is 12.5. The number of primary amides is 1. The fourth-order valence-electron chi connectivity index (χ4n) is 2.07. The van der Waals surface area contributed by atoms with Gasteiger partial charge in [-0.25, -0.2) is 8.42 Å². The number of nitrogens with two attached hydrogens (primary N) is 1. The van der Waals surface area contributed by atoms with Gasteiger partial charge in [0.25, 0.3) is 5.91 Å². The van der Waals surface area contributed by atoms with E-state index >= 15 is 0 Å². The number of hydrogen-bond acceptors (Lipinski definition) is 5. The van der Waals surface area contributed by atoms with Gasteiger partial charge in [0.05, 0.1) is 17.6 Å². The van der Waals surface area contributed by atoms with Gasteiger partial charge < -0.3 is 15.8 Å². The zero-order valence-corrected chi connectivity index (χ0v) is 13.2. The molecule has 0 unspecified atom stereocenters. The molecule has 118 valence electrons. The first-order chi connectivity index (χ1) is 9.46. The molecule has 0 radical (unpaired) electrons. The highest BCUT2D eigenvalue weighted by Gasteiger charge is 2.27. The van der Waals surface area contributed by atoms with E-state index in [0.29, 0.717) is 26.2 Å². The van der Waals surface area contributed by atoms with E-state index in [4.69, 9.17) is 10.5 Å². The predicted octanol–water partition coefficient (Wildman–Crippen LogP) is -0.190. The Morgan fingerprint density at radius 2 is 1.95 bits per heavy atom. The lowest BCUT2D eigenvalue weighted by Crippen LogP contribution is -2.46. The van der Waals surface area contributed by atoms with Gasteiger partial charge in [-0.15, -0.1) is 12.4 Å². The summed E-state index contributed by atoms with van der Waals surface area (Å²) >= 11 is 0. The van der Waals surface area contributed by atoms with Crippen LogP contribution in [0.4, 0.5) is 0 Å². The first-order valence-electron chi connectivity index (χ1n) is 6.15. The highest BCUT2D eigenvalue weighted by atomic mass is 35.5. The number of rotatable bonds is 4. The third-order valence-electron chi connectivity index (χ3n) is 3.15. The number of benzene rings is 1. The lowest BCUT2D eigenvalue weighted by Gasteiger charge is -2.26. The van der Waals surface area contributed by atoms with Crippen molar-refractivity contribution in [3.05, 3.63) is 23.8 Å². The van der Waals surface area contributed by atoms with E-state index < -0.39 is 15.9 Å². The number of methoxy groups -OCH3 is 1. The predicted molar refractivity (Wildman–Crippen MR) is 80.4 cm³/mol. The number of hydrogen-bond donors (Lipinski definition) is 2. The van der Waals surface area contributed by atoms with Crippen LogP contribution in [0.5, 0.6) is 5.75 Å². The standard InChI is InChI=1S/C12H17N3O4S.ClH/c1-19-11-3-2-9(8-10(11)12(13)16)20(17,18)15-6-4-14-5-7-15;/h2-3,8,14H,4-7H2,1H3,(H2,13,16);1H. The monoisotopic (exact) mass is 335 g/mol. The Kier molecular flexibility index (Phi) is 5.97. The molecule has 1 aromatic carbocycles. The van der Waals surface area contributed by atoms with Crippen LogP contribution in [0.25, 0.3) is 0 Å². The Hall–Kier alpha value is -1.35. The van der Waals surface area contributed by atoms with Crippen LogP contribution in [0, 0.1) is 0 Å². The van der Waals surface area contributed by atoms with Crippen LogP contribution < -0.4 is 15.8 Å². The van der Waals surface area contributed by atoms with Crippen molar-refractivity contribution < 1.29 is 17.9 Å². The Morgan fingerprint density at radius 3 is 2.48 bits per heavy atom. The zero-order valence-electron chi connectivity index (χ0n) is 11.5. The van der Waals surface area contributed by atoms with Gasteiger partial charge in [0, 0.05) is 26.2 Å². The summed E-state index contributed by atoms with van der Waals surface area (Å²) in [6.45, 7) is 2.02. The number of ether oxygens (including phenoxy) is 1. The molecular formula is C12H18ClN3O4S. The third-order valence-corrected chi connectivity index (χ3v) is 5.04. The van der Waals surface area contributed by atoms with E-state index in [2.05, 4.69) is 5.32 Å². The number of nitrogens with one attached hydrogen (secondary N) is 1. The summed E-state index contributed by atoms with van der Waals surface area (Å²) in [6.07, 6.45) is 0. The molecule has 0 spiro atoms. The summed E-state index contributed by atoms with van der Waals surface area (Å²) < 4.78 is 31.3. The molecule has 0 aliphatic carbocycles. The van der Waals surface area contributed by atoms with Crippen molar-refractivity contribution in [3.63, 3.8) is 0 Å². The van der Waals surface area contributed by atoms with Crippen molar-refractivity contribution >= 4 is 28.3 Å². The van der Waals surface area contributed by atoms with Gasteiger partial charge in [0.15, 0.2) is 0 Å². The average Bonchev–Trinajstić information content (AvgIpc) is 2.47. The Balaban J connectivity index is 0.00000220. The third kappa shape index (κ3) is 3.65. The fraction of sp³-hybridized carbons (Fsp3) is 0.417. The minimum Gasteiger partial charge on any atom is -0.496 e. The van der Waals surface area contributed by atoms with Crippen LogP contribution in [-0.4, -0.2) is 51.9 Å². The number of carbonyl (C=O) groups excluding carboxylic acids is 1. The molecule has 0 atom stereocenters. The average molecular weight is 336 g/mol. The first-order valence-corrected chi connectivity index (χ1v) is 7.59. The molecule has 1 aliphatic heterocycles. The SMILES string of the molecule is COc1ccc(S(=O)(=O)N2CCNCC2)cc1C(N)=O.Cl. The smallest absolute Gasteiger partial charge is 0.252 e. The summed E-state index contributed by atoms with van der Waals surface area (Å²) in [4.78, 5) is 11.4. The number of halogens is 1. The largest absolute Gasteiger partial charge is 0.496 e. The maximum Gasteiger partial charge on any atom is 0.252 e. The molecule has 21 heavy (non-hydrogen) atoms. The second-order valence-electron chi connectivity index (χ2n) is 4.38. The molecule has 1 aliphatic rings. The van der Waals surface area contributed by atoms with Crippen molar-refractivity contribution in [2.24, 2.45) is 5.73 Å². The van der Waals surface area contributed by atoms with E-state index in [1.165, 1.54) is 29.6 Å². The van der Waals surface area contributed by atoms with E-state index in [9.17, 15) is 13.2 Å². The minimum atomic E-state index is -3.61. The Morgan fingerprint density at radius 1 is 1.33 bits per heavy atom. The van der Waals surface area contributed by atoms with Crippen LogP contribution in [-0.2, 0) is 10.0 Å². The fourth-order valence-corrected chi connectivity index (χ4v) is 3.54. The number of piperazine rings is 1. The molecule has 1 fully saturated rings. The molecular weight excluding hydrogens is 318 g/mol. The van der Waals surface area contributed by atoms with Gasteiger partial charge in [-0.05, 0) is 18.2 Å². The summed E-state index contributed by atoms with van der Waals surface area (Å²) in [5, 5.41) is 3.09. The molecule has 3 N–H and O–H groups in total. The molecule has 1 saturated heterocycles. The van der Waals surface area contributed by atoms with E-state index in [1.54, 1.807) is 0 Å². The maximum absolute atomic E-state index is 12.5. The van der Waals surface area contributed by atoms with Crippen LogP contribution in [0.15, 0.2) is 23.1 Å². The highest BCUT2D eigenvalue weighted by molar-refractivity contribution is 7.89. The topological polar surface area (TPSA) is 102 Å². The van der Waals surface area contributed by atoms with Gasteiger partial charge >= 0.3 is 0 Å². The number of amides is 1. The molecule has 1 aromatic rings. The number of carbonyl (C=O) groups is 1. The van der Waals surface area contributed by atoms with Crippen LogP contribution in [0.3, 0.4) is 0 Å². The van der Waals surface area contributed by atoms with Crippen molar-refractivity contribution in [2.75, 3.05) is 33.3 Å². The van der Waals surface area contributed by atoms with Crippen molar-refractivity contribution in [2.45, 2.75) is 4.90 Å². The second-order valence-corrected chi connectivity index (χ2v) is 6.32. The van der Waals surface area contributed by atoms with Gasteiger partial charge in [0.2, 0.25) is 10.0 Å². The van der Waals surface area contributed by atoms with Crippen LogP contribution in [0.2, 0.25) is 0 Å². The molecule has 0 aromatic heterocycles. The molecule has 7 nitrogen and oxygen atoms in total. The zero-order chi connectivity index (χ0) is 14.8. The number of nitrogens with zero attached hydrogens (tertiary/aromatic N) is 1. The number of sulfonamides is 1. The van der Waals surface area contributed by atoms with Crippen molar-refractivity contribution in [1.82, 2.24) is 9.62 Å². The molecule has 1 amide bonds. The Labute approximate surface area is 129 Å². The molecule has 9 heteroatoms. The highest BCUT2D eigenvalue weighted by Crippen LogP contribution is 2.24. The second kappa shape index (κ2) is 7.08. The molecule has 2 rings (SSSR count). The summed E-state index contributed by atoms with van der Waals surface area (Å²) in [6, 6.07) is 4.12. The summed E-state index contributed by atoms with van der Waals surface area (Å²) in [5.41, 5.74) is 5.30. The normalized spacial score (nSPS) is 16.0. The van der Waals surface area contributed by atoms with Crippen molar-refractivity contribution in [3.8, 4) is 5.75 Å². The first kappa shape index (κ1) is 17.7. The lowest BCUT2D eigenvalue weighted by atomic mass is 10.2. The lowest BCUT2D eigenvalue weighted by molar-refractivity contribution is 0.0997. The quantitative estimate of drug-likeness (QED) is 0.794. The van der Waals surface area contributed by atoms with Crippen LogP contribution >= 0.6 is 12.4 Å². The van der Waals surface area contributed by atoms with Gasteiger partial charge in [-0.2, -0.15) is 4.31 Å². The molecule has 0 bridgehead atoms. The molecule has 0 saturated carbocycles. The summed E-state index contributed by atoms with van der Waals surface area (Å²) in [5.74, 6) is -0.462. The van der Waals surface area contributed by atoms with Crippen molar-refractivity contribution in [1.29, 1.82) is 0 Å². The van der Waals surface area contributed by atoms with E-state index in [-0.39, 0.29) is 28.6 Å². The van der Waals surface area contributed by atoms with Gasteiger partial charge in [-0.3, -0.25) is 4.79 Å².